The number of fused-ring (bicyclic) bond motifs is 1. The molecule has 3 amide bonds. The van der Waals surface area contributed by atoms with Gasteiger partial charge >= 0.3 is 6.03 Å². The van der Waals surface area contributed by atoms with Crippen molar-refractivity contribution < 1.29 is 23.8 Å². The third-order valence-corrected chi connectivity index (χ3v) is 6.41. The van der Waals surface area contributed by atoms with Gasteiger partial charge in [0.2, 0.25) is 6.79 Å². The second-order valence-corrected chi connectivity index (χ2v) is 8.75. The topological polar surface area (TPSA) is 83.6 Å². The Hall–Kier alpha value is -3.30. The number of anilines is 1. The summed E-state index contributed by atoms with van der Waals surface area (Å²) in [6.07, 6.45) is 0.840. The molecule has 0 aliphatic carbocycles. The molecule has 5 rings (SSSR count). The Labute approximate surface area is 199 Å². The summed E-state index contributed by atoms with van der Waals surface area (Å²) in [5, 5.41) is 2.95. The quantitative estimate of drug-likeness (QED) is 0.746. The maximum atomic E-state index is 13.1. The molecule has 34 heavy (non-hydrogen) atoms. The first kappa shape index (κ1) is 22.5. The summed E-state index contributed by atoms with van der Waals surface area (Å²) in [5.74, 6) is 1.31. The van der Waals surface area contributed by atoms with Crippen LogP contribution in [0.3, 0.4) is 0 Å². The Morgan fingerprint density at radius 1 is 0.912 bits per heavy atom. The average molecular weight is 467 g/mol. The van der Waals surface area contributed by atoms with Crippen molar-refractivity contribution in [2.24, 2.45) is 0 Å². The van der Waals surface area contributed by atoms with Gasteiger partial charge in [0.25, 0.3) is 5.91 Å². The first-order valence-corrected chi connectivity index (χ1v) is 11.8. The van der Waals surface area contributed by atoms with E-state index in [0.29, 0.717) is 49.8 Å². The molecule has 2 fully saturated rings. The fourth-order valence-electron chi connectivity index (χ4n) is 4.59. The predicted molar refractivity (Wildman–Crippen MR) is 126 cm³/mol. The van der Waals surface area contributed by atoms with Crippen LogP contribution in [0.25, 0.3) is 0 Å². The molecule has 1 atom stereocenters. The molecule has 2 saturated heterocycles. The van der Waals surface area contributed by atoms with Crippen LogP contribution in [0.1, 0.15) is 16.8 Å². The van der Waals surface area contributed by atoms with E-state index in [1.807, 2.05) is 40.1 Å². The van der Waals surface area contributed by atoms with E-state index < -0.39 is 0 Å². The number of rotatable bonds is 4. The van der Waals surface area contributed by atoms with Crippen LogP contribution in [0.4, 0.5) is 10.5 Å². The molecule has 0 radical (unpaired) electrons. The minimum absolute atomic E-state index is 0.0119. The van der Waals surface area contributed by atoms with Crippen molar-refractivity contribution in [1.29, 1.82) is 0 Å². The summed E-state index contributed by atoms with van der Waals surface area (Å²) in [7, 11) is 0. The number of nitrogens with zero attached hydrogens (tertiary/aromatic N) is 3. The maximum Gasteiger partial charge on any atom is 0.322 e. The van der Waals surface area contributed by atoms with Gasteiger partial charge in [-0.15, -0.1) is 0 Å². The van der Waals surface area contributed by atoms with Crippen LogP contribution in [-0.4, -0.2) is 92.0 Å². The molecule has 2 aromatic rings. The molecule has 2 aromatic carbocycles. The van der Waals surface area contributed by atoms with Crippen LogP contribution in [-0.2, 0) is 4.74 Å². The van der Waals surface area contributed by atoms with Gasteiger partial charge in [0, 0.05) is 50.5 Å². The number of ether oxygens (including phenoxy) is 3. The molecule has 1 unspecified atom stereocenters. The van der Waals surface area contributed by atoms with E-state index in [2.05, 4.69) is 10.2 Å². The smallest absolute Gasteiger partial charge is 0.322 e. The number of hydrogen-bond donors (Lipinski definition) is 1. The lowest BCUT2D eigenvalue weighted by Crippen LogP contribution is -2.51. The van der Waals surface area contributed by atoms with Gasteiger partial charge in [-0.3, -0.25) is 9.69 Å². The van der Waals surface area contributed by atoms with E-state index in [1.54, 1.807) is 18.2 Å². The van der Waals surface area contributed by atoms with Gasteiger partial charge in [-0.05, 0) is 43.3 Å². The highest BCUT2D eigenvalue weighted by molar-refractivity contribution is 5.95. The molecule has 0 bridgehead atoms. The standard InChI is InChI=1S/C25H30N4O5/c30-24(19-7-8-22-23(15-19)34-18-33-22)28-10-4-9-27(11-12-28)16-21-17-29(13-14-32-21)25(31)26-20-5-2-1-3-6-20/h1-3,5-8,15,21H,4,9-14,16-18H2,(H,26,31). The fourth-order valence-corrected chi connectivity index (χ4v) is 4.59. The van der Waals surface area contributed by atoms with E-state index in [1.165, 1.54) is 0 Å². The molecule has 1 N–H and O–H groups in total. The van der Waals surface area contributed by atoms with Crippen molar-refractivity contribution in [1.82, 2.24) is 14.7 Å². The highest BCUT2D eigenvalue weighted by Crippen LogP contribution is 2.32. The minimum atomic E-state index is -0.101. The third kappa shape index (κ3) is 5.26. The molecule has 9 nitrogen and oxygen atoms in total. The average Bonchev–Trinajstić information content (AvgIpc) is 3.22. The Bertz CT molecular complexity index is 1020. The number of morpholine rings is 1. The maximum absolute atomic E-state index is 13.1. The van der Waals surface area contributed by atoms with Gasteiger partial charge in [0.15, 0.2) is 11.5 Å². The lowest BCUT2D eigenvalue weighted by atomic mass is 10.1. The molecule has 3 heterocycles. The fraction of sp³-hybridized carbons (Fsp3) is 0.440. The van der Waals surface area contributed by atoms with E-state index in [4.69, 9.17) is 14.2 Å². The predicted octanol–water partition coefficient (Wildman–Crippen LogP) is 2.50. The first-order chi connectivity index (χ1) is 16.7. The van der Waals surface area contributed by atoms with Gasteiger partial charge in [0.1, 0.15) is 0 Å². The van der Waals surface area contributed by atoms with Crippen molar-refractivity contribution in [2.75, 3.05) is 64.5 Å². The molecule has 0 spiro atoms. The number of benzene rings is 2. The van der Waals surface area contributed by atoms with Crippen LogP contribution in [0, 0.1) is 0 Å². The van der Waals surface area contributed by atoms with E-state index >= 15 is 0 Å². The van der Waals surface area contributed by atoms with Crippen molar-refractivity contribution in [3.63, 3.8) is 0 Å². The molecular formula is C25H30N4O5. The molecule has 0 aromatic heterocycles. The highest BCUT2D eigenvalue weighted by Gasteiger charge is 2.28. The van der Waals surface area contributed by atoms with E-state index in [0.717, 1.165) is 31.7 Å². The summed E-state index contributed by atoms with van der Waals surface area (Å²) < 4.78 is 16.7. The van der Waals surface area contributed by atoms with Gasteiger partial charge in [-0.1, -0.05) is 18.2 Å². The number of carbonyl (C=O) groups excluding carboxylic acids is 2. The Balaban J connectivity index is 1.12. The van der Waals surface area contributed by atoms with Crippen LogP contribution in [0.15, 0.2) is 48.5 Å². The van der Waals surface area contributed by atoms with Crippen LogP contribution < -0.4 is 14.8 Å². The summed E-state index contributed by atoms with van der Waals surface area (Å²) in [4.78, 5) is 31.8. The largest absolute Gasteiger partial charge is 0.454 e. The molecule has 3 aliphatic heterocycles. The lowest BCUT2D eigenvalue weighted by molar-refractivity contribution is -0.0283. The van der Waals surface area contributed by atoms with Gasteiger partial charge in [-0.2, -0.15) is 0 Å². The molecular weight excluding hydrogens is 436 g/mol. The van der Waals surface area contributed by atoms with E-state index in [9.17, 15) is 9.59 Å². The Morgan fingerprint density at radius 3 is 2.65 bits per heavy atom. The number of hydrogen-bond acceptors (Lipinski definition) is 6. The summed E-state index contributed by atoms with van der Waals surface area (Å²) >= 11 is 0. The van der Waals surface area contributed by atoms with Gasteiger partial charge < -0.3 is 29.3 Å². The zero-order chi connectivity index (χ0) is 23.3. The first-order valence-electron chi connectivity index (χ1n) is 11.8. The number of nitrogens with one attached hydrogen (secondary N) is 1. The second-order valence-electron chi connectivity index (χ2n) is 8.75. The number of urea groups is 1. The zero-order valence-corrected chi connectivity index (χ0v) is 19.2. The Morgan fingerprint density at radius 2 is 1.76 bits per heavy atom. The molecule has 0 saturated carbocycles. The number of amides is 3. The normalized spacial score (nSPS) is 20.6. The van der Waals surface area contributed by atoms with Crippen LogP contribution in [0.5, 0.6) is 11.5 Å². The van der Waals surface area contributed by atoms with Crippen molar-refractivity contribution >= 4 is 17.6 Å². The van der Waals surface area contributed by atoms with Crippen molar-refractivity contribution in [3.8, 4) is 11.5 Å². The molecule has 180 valence electrons. The summed E-state index contributed by atoms with van der Waals surface area (Å²) in [6, 6.07) is 14.7. The lowest BCUT2D eigenvalue weighted by Gasteiger charge is -2.35. The summed E-state index contributed by atoms with van der Waals surface area (Å²) in [5.41, 5.74) is 1.41. The van der Waals surface area contributed by atoms with Crippen LogP contribution in [0.2, 0.25) is 0 Å². The second kappa shape index (κ2) is 10.3. The van der Waals surface area contributed by atoms with Gasteiger partial charge in [0.05, 0.1) is 12.7 Å². The Kier molecular flexibility index (Phi) is 6.82. The monoisotopic (exact) mass is 466 g/mol. The highest BCUT2D eigenvalue weighted by atomic mass is 16.7. The third-order valence-electron chi connectivity index (χ3n) is 6.41. The van der Waals surface area contributed by atoms with Crippen molar-refractivity contribution in [3.05, 3.63) is 54.1 Å². The minimum Gasteiger partial charge on any atom is -0.454 e. The number of para-hydroxylation sites is 1. The summed E-state index contributed by atoms with van der Waals surface area (Å²) in [6.45, 7) is 5.60. The molecule has 9 heteroatoms. The molecule has 3 aliphatic rings. The van der Waals surface area contributed by atoms with Crippen LogP contribution >= 0.6 is 0 Å². The number of carbonyl (C=O) groups is 2. The van der Waals surface area contributed by atoms with Gasteiger partial charge in [-0.25, -0.2) is 4.79 Å². The van der Waals surface area contributed by atoms with Crippen molar-refractivity contribution in [2.45, 2.75) is 12.5 Å². The SMILES string of the molecule is O=C(Nc1ccccc1)N1CCOC(CN2CCCN(C(=O)c3ccc4c(c3)OCO4)CC2)C1. The zero-order valence-electron chi connectivity index (χ0n) is 19.2. The van der Waals surface area contributed by atoms with E-state index in [-0.39, 0.29) is 24.8 Å².